The lowest BCUT2D eigenvalue weighted by molar-refractivity contribution is -0.155. The summed E-state index contributed by atoms with van der Waals surface area (Å²) in [5.41, 5.74) is -1.77. The normalized spacial score (nSPS) is 15.3. The largest absolute Gasteiger partial charge is 0.481 e. The van der Waals surface area contributed by atoms with Crippen molar-refractivity contribution >= 4 is 11.9 Å². The zero-order valence-corrected chi connectivity index (χ0v) is 8.47. The fraction of sp³-hybridized carbons (Fsp3) is 0.750. The molecule has 0 saturated carbocycles. The van der Waals surface area contributed by atoms with Crippen LogP contribution in [0.1, 0.15) is 19.8 Å². The molecule has 1 unspecified atom stereocenters. The van der Waals surface area contributed by atoms with Crippen LogP contribution in [0.3, 0.4) is 0 Å². The van der Waals surface area contributed by atoms with E-state index in [0.717, 1.165) is 6.92 Å². The van der Waals surface area contributed by atoms with Crippen LogP contribution in [0.4, 0.5) is 13.2 Å². The zero-order valence-electron chi connectivity index (χ0n) is 8.47. The summed E-state index contributed by atoms with van der Waals surface area (Å²) >= 11 is 0. The summed E-state index contributed by atoms with van der Waals surface area (Å²) in [5.74, 6) is -2.62. The molecule has 0 heterocycles. The molecule has 0 radical (unpaired) electrons. The van der Waals surface area contributed by atoms with Crippen LogP contribution >= 0.6 is 0 Å². The van der Waals surface area contributed by atoms with Gasteiger partial charge in [-0.05, 0) is 6.92 Å². The molecule has 1 amide bonds. The Bertz CT molecular complexity index is 275. The summed E-state index contributed by atoms with van der Waals surface area (Å²) in [6.07, 6.45) is -6.95. The molecule has 0 spiro atoms. The van der Waals surface area contributed by atoms with Crippen molar-refractivity contribution in [2.45, 2.75) is 31.5 Å². The minimum absolute atomic E-state index is 0.547. The summed E-state index contributed by atoms with van der Waals surface area (Å²) < 4.78 is 35.2. The van der Waals surface area contributed by atoms with E-state index in [1.807, 2.05) is 5.32 Å². The van der Waals surface area contributed by atoms with Crippen molar-refractivity contribution in [2.24, 2.45) is 0 Å². The van der Waals surface area contributed by atoms with Gasteiger partial charge < -0.3 is 15.5 Å². The second-order valence-corrected chi connectivity index (χ2v) is 3.64. The average Bonchev–Trinajstić information content (AvgIpc) is 1.95. The van der Waals surface area contributed by atoms with E-state index in [2.05, 4.69) is 0 Å². The van der Waals surface area contributed by atoms with E-state index < -0.39 is 43.0 Å². The average molecular weight is 243 g/mol. The molecule has 0 aromatic rings. The van der Waals surface area contributed by atoms with Crippen LogP contribution in [-0.2, 0) is 9.59 Å². The van der Waals surface area contributed by atoms with Gasteiger partial charge in [0.25, 0.3) is 0 Å². The van der Waals surface area contributed by atoms with Crippen LogP contribution in [0.2, 0.25) is 0 Å². The number of carboxylic acids is 1. The number of carboxylic acid groups (broad SMARTS) is 1. The topological polar surface area (TPSA) is 86.6 Å². The molecule has 0 aliphatic heterocycles. The molecular formula is C8H12F3NO4. The highest BCUT2D eigenvalue weighted by Crippen LogP contribution is 2.19. The van der Waals surface area contributed by atoms with E-state index in [1.165, 1.54) is 0 Å². The number of amides is 1. The first-order valence-corrected chi connectivity index (χ1v) is 4.29. The minimum atomic E-state index is -4.62. The Morgan fingerprint density at radius 2 is 1.75 bits per heavy atom. The van der Waals surface area contributed by atoms with E-state index >= 15 is 0 Å². The molecule has 0 aliphatic rings. The first-order valence-electron chi connectivity index (χ1n) is 4.29. The van der Waals surface area contributed by atoms with Crippen molar-refractivity contribution in [3.63, 3.8) is 0 Å². The van der Waals surface area contributed by atoms with Gasteiger partial charge >= 0.3 is 12.1 Å². The van der Waals surface area contributed by atoms with E-state index in [0.29, 0.717) is 0 Å². The fourth-order valence-corrected chi connectivity index (χ4v) is 0.922. The molecule has 1 atom stereocenters. The van der Waals surface area contributed by atoms with Gasteiger partial charge in [0, 0.05) is 6.54 Å². The monoisotopic (exact) mass is 243 g/mol. The van der Waals surface area contributed by atoms with Gasteiger partial charge in [0.05, 0.1) is 12.0 Å². The van der Waals surface area contributed by atoms with Crippen LogP contribution in [0.15, 0.2) is 0 Å². The van der Waals surface area contributed by atoms with Gasteiger partial charge in [-0.15, -0.1) is 0 Å². The number of rotatable bonds is 5. The Labute approximate surface area is 89.3 Å². The lowest BCUT2D eigenvalue weighted by Gasteiger charge is -2.21. The second kappa shape index (κ2) is 5.15. The lowest BCUT2D eigenvalue weighted by Crippen LogP contribution is -2.43. The van der Waals surface area contributed by atoms with Gasteiger partial charge in [0.15, 0.2) is 0 Å². The number of hydrogen-bond acceptors (Lipinski definition) is 3. The van der Waals surface area contributed by atoms with Gasteiger partial charge in [0.1, 0.15) is 6.42 Å². The Balaban J connectivity index is 4.05. The lowest BCUT2D eigenvalue weighted by atomic mass is 10.0. The van der Waals surface area contributed by atoms with Crippen molar-refractivity contribution in [3.05, 3.63) is 0 Å². The number of halogens is 3. The standard InChI is InChI=1S/C8H12F3NO4/c1-7(16,3-6(14)15)4-12-5(13)2-8(9,10)11/h16H,2-4H2,1H3,(H,12,13)(H,14,15). The molecule has 3 N–H and O–H groups in total. The molecule has 5 nitrogen and oxygen atoms in total. The third-order valence-electron chi connectivity index (χ3n) is 1.56. The van der Waals surface area contributed by atoms with Crippen LogP contribution in [0, 0.1) is 0 Å². The number of aliphatic carboxylic acids is 1. The molecule has 0 aromatic carbocycles. The van der Waals surface area contributed by atoms with Crippen molar-refractivity contribution in [1.29, 1.82) is 0 Å². The summed E-state index contributed by atoms with van der Waals surface area (Å²) in [7, 11) is 0. The summed E-state index contributed by atoms with van der Waals surface area (Å²) in [6, 6.07) is 0. The van der Waals surface area contributed by atoms with Gasteiger partial charge in [0.2, 0.25) is 5.91 Å². The van der Waals surface area contributed by atoms with Gasteiger partial charge in [-0.2, -0.15) is 13.2 Å². The Kier molecular flexibility index (Phi) is 4.73. The maximum Gasteiger partial charge on any atom is 0.397 e. The van der Waals surface area contributed by atoms with Crippen molar-refractivity contribution < 1.29 is 33.0 Å². The maximum absolute atomic E-state index is 11.7. The van der Waals surface area contributed by atoms with Gasteiger partial charge in [-0.1, -0.05) is 0 Å². The molecule has 0 fully saturated rings. The zero-order chi connectivity index (χ0) is 13.0. The van der Waals surface area contributed by atoms with E-state index in [1.54, 1.807) is 0 Å². The highest BCUT2D eigenvalue weighted by molar-refractivity contribution is 5.76. The van der Waals surface area contributed by atoms with Crippen molar-refractivity contribution in [3.8, 4) is 0 Å². The quantitative estimate of drug-likeness (QED) is 0.647. The number of nitrogens with one attached hydrogen (secondary N) is 1. The van der Waals surface area contributed by atoms with Crippen LogP contribution in [0.25, 0.3) is 0 Å². The second-order valence-electron chi connectivity index (χ2n) is 3.64. The van der Waals surface area contributed by atoms with Gasteiger partial charge in [-0.3, -0.25) is 9.59 Å². The highest BCUT2D eigenvalue weighted by Gasteiger charge is 2.32. The summed E-state index contributed by atoms with van der Waals surface area (Å²) in [5, 5.41) is 19.5. The van der Waals surface area contributed by atoms with Crippen LogP contribution < -0.4 is 5.32 Å². The highest BCUT2D eigenvalue weighted by atomic mass is 19.4. The summed E-state index contributed by atoms with van der Waals surface area (Å²) in [6.45, 7) is 0.559. The fourth-order valence-electron chi connectivity index (χ4n) is 0.922. The van der Waals surface area contributed by atoms with Crippen LogP contribution in [0.5, 0.6) is 0 Å². The Morgan fingerprint density at radius 1 is 1.25 bits per heavy atom. The first kappa shape index (κ1) is 14.7. The molecule has 8 heteroatoms. The minimum Gasteiger partial charge on any atom is -0.481 e. The summed E-state index contributed by atoms with van der Waals surface area (Å²) in [4.78, 5) is 20.9. The predicted molar refractivity (Wildman–Crippen MR) is 46.6 cm³/mol. The molecular weight excluding hydrogens is 231 g/mol. The molecule has 0 rings (SSSR count). The van der Waals surface area contributed by atoms with Crippen molar-refractivity contribution in [1.82, 2.24) is 5.32 Å². The molecule has 16 heavy (non-hydrogen) atoms. The molecule has 0 bridgehead atoms. The predicted octanol–water partition coefficient (Wildman–Crippen LogP) is 0.281. The number of alkyl halides is 3. The molecule has 0 saturated heterocycles. The van der Waals surface area contributed by atoms with E-state index in [4.69, 9.17) is 5.11 Å². The number of carbonyl (C=O) groups is 2. The number of hydrogen-bond donors (Lipinski definition) is 3. The molecule has 0 aromatic heterocycles. The van der Waals surface area contributed by atoms with Gasteiger partial charge in [-0.25, -0.2) is 0 Å². The van der Waals surface area contributed by atoms with Crippen molar-refractivity contribution in [2.75, 3.05) is 6.54 Å². The SMILES string of the molecule is CC(O)(CNC(=O)CC(F)(F)F)CC(=O)O. The molecule has 0 aliphatic carbocycles. The smallest absolute Gasteiger partial charge is 0.397 e. The maximum atomic E-state index is 11.7. The Morgan fingerprint density at radius 3 is 2.12 bits per heavy atom. The van der Waals surface area contributed by atoms with E-state index in [-0.39, 0.29) is 0 Å². The van der Waals surface area contributed by atoms with Crippen LogP contribution in [-0.4, -0.2) is 40.4 Å². The third-order valence-corrected chi connectivity index (χ3v) is 1.56. The number of aliphatic hydroxyl groups is 1. The Hall–Kier alpha value is -1.31. The first-order chi connectivity index (χ1) is 7.02. The third kappa shape index (κ3) is 8.04. The van der Waals surface area contributed by atoms with E-state index in [9.17, 15) is 27.9 Å². The number of carbonyl (C=O) groups excluding carboxylic acids is 1. The molecule has 94 valence electrons.